The molecule has 0 aliphatic heterocycles. The highest BCUT2D eigenvalue weighted by Gasteiger charge is 2.13. The van der Waals surface area contributed by atoms with Crippen molar-refractivity contribution in [3.8, 4) is 23.0 Å². The van der Waals surface area contributed by atoms with Crippen molar-refractivity contribution >= 4 is 0 Å². The molecule has 29 heavy (non-hydrogen) atoms. The van der Waals surface area contributed by atoms with Crippen LogP contribution in [0.2, 0.25) is 0 Å². The fourth-order valence-corrected chi connectivity index (χ4v) is 3.26. The van der Waals surface area contributed by atoms with Crippen molar-refractivity contribution in [3.05, 3.63) is 94.6 Å². The molecule has 0 aromatic heterocycles. The molecule has 0 radical (unpaired) electrons. The summed E-state index contributed by atoms with van der Waals surface area (Å²) in [7, 11) is 0. The zero-order valence-electron chi connectivity index (χ0n) is 17.1. The fraction of sp³-hybridized carbons (Fsp3) is 0.259. The Morgan fingerprint density at radius 3 is 2.03 bits per heavy atom. The third-order valence-electron chi connectivity index (χ3n) is 5.12. The summed E-state index contributed by atoms with van der Waals surface area (Å²) in [6, 6.07) is 18.7. The molecule has 0 nitrogen and oxygen atoms in total. The van der Waals surface area contributed by atoms with Crippen molar-refractivity contribution in [1.82, 2.24) is 0 Å². The zero-order chi connectivity index (χ0) is 20.6. The summed E-state index contributed by atoms with van der Waals surface area (Å²) in [5.41, 5.74) is 4.23. The SMILES string of the molecule is CCCCCc1ccc(-c2ccc(C#Cc3ccc(CC)cc3)c(F)c2F)cc1. The molecule has 0 heterocycles. The van der Waals surface area contributed by atoms with Gasteiger partial charge in [-0.15, -0.1) is 0 Å². The number of benzene rings is 3. The molecule has 3 aromatic rings. The van der Waals surface area contributed by atoms with Gasteiger partial charge in [-0.05, 0) is 60.2 Å². The van der Waals surface area contributed by atoms with Crippen LogP contribution in [0.3, 0.4) is 0 Å². The van der Waals surface area contributed by atoms with Gasteiger partial charge in [-0.3, -0.25) is 0 Å². The lowest BCUT2D eigenvalue weighted by Gasteiger charge is -2.07. The standard InChI is InChI=1S/C27H26F2/c1-3-5-6-7-21-12-15-23(16-13-21)25-19-18-24(26(28)27(25)29)17-14-22-10-8-20(4-2)9-11-22/h8-13,15-16,18-19H,3-7H2,1-2H3. The molecular weight excluding hydrogens is 362 g/mol. The van der Waals surface area contributed by atoms with Gasteiger partial charge in [-0.25, -0.2) is 8.78 Å². The topological polar surface area (TPSA) is 0 Å². The molecule has 0 saturated heterocycles. The number of rotatable bonds is 6. The first-order valence-electron chi connectivity index (χ1n) is 10.3. The molecule has 0 fully saturated rings. The first-order valence-corrected chi connectivity index (χ1v) is 10.3. The second-order valence-electron chi connectivity index (χ2n) is 7.24. The smallest absolute Gasteiger partial charge is 0.175 e. The van der Waals surface area contributed by atoms with Crippen molar-refractivity contribution in [1.29, 1.82) is 0 Å². The van der Waals surface area contributed by atoms with Crippen LogP contribution in [0.15, 0.2) is 60.7 Å². The van der Waals surface area contributed by atoms with Crippen LogP contribution in [0.25, 0.3) is 11.1 Å². The summed E-state index contributed by atoms with van der Waals surface area (Å²) < 4.78 is 29.3. The number of aryl methyl sites for hydroxylation is 2. The van der Waals surface area contributed by atoms with E-state index >= 15 is 0 Å². The van der Waals surface area contributed by atoms with E-state index in [0.29, 0.717) is 5.56 Å². The van der Waals surface area contributed by atoms with Gasteiger partial charge in [0, 0.05) is 11.1 Å². The normalized spacial score (nSPS) is 10.5. The average molecular weight is 389 g/mol. The minimum atomic E-state index is -0.896. The van der Waals surface area contributed by atoms with Gasteiger partial charge < -0.3 is 0 Å². The summed E-state index contributed by atoms with van der Waals surface area (Å²) >= 11 is 0. The highest BCUT2D eigenvalue weighted by atomic mass is 19.2. The van der Waals surface area contributed by atoms with E-state index in [0.717, 1.165) is 24.8 Å². The predicted octanol–water partition coefficient (Wildman–Crippen LogP) is 7.33. The van der Waals surface area contributed by atoms with Crippen LogP contribution < -0.4 is 0 Å². The van der Waals surface area contributed by atoms with E-state index in [9.17, 15) is 8.78 Å². The third-order valence-corrected chi connectivity index (χ3v) is 5.12. The van der Waals surface area contributed by atoms with E-state index in [1.165, 1.54) is 24.0 Å². The minimum absolute atomic E-state index is 0.0713. The van der Waals surface area contributed by atoms with Crippen molar-refractivity contribution in [2.45, 2.75) is 46.0 Å². The number of hydrogen-bond donors (Lipinski definition) is 0. The van der Waals surface area contributed by atoms with Crippen LogP contribution in [0, 0.1) is 23.5 Å². The monoisotopic (exact) mass is 388 g/mol. The molecule has 2 heteroatoms. The minimum Gasteiger partial charge on any atom is -0.203 e. The van der Waals surface area contributed by atoms with E-state index in [-0.39, 0.29) is 11.1 Å². The molecule has 0 N–H and O–H groups in total. The van der Waals surface area contributed by atoms with Crippen LogP contribution in [-0.4, -0.2) is 0 Å². The van der Waals surface area contributed by atoms with E-state index in [2.05, 4.69) is 25.7 Å². The Hall–Kier alpha value is -2.92. The first-order chi connectivity index (χ1) is 14.1. The van der Waals surface area contributed by atoms with Crippen molar-refractivity contribution in [2.24, 2.45) is 0 Å². The van der Waals surface area contributed by atoms with E-state index in [4.69, 9.17) is 0 Å². The molecule has 3 rings (SSSR count). The third kappa shape index (κ3) is 5.33. The molecule has 0 unspecified atom stereocenters. The van der Waals surface area contributed by atoms with Crippen LogP contribution in [0.4, 0.5) is 8.78 Å². The molecule has 0 amide bonds. The number of unbranched alkanes of at least 4 members (excludes halogenated alkanes) is 2. The lowest BCUT2D eigenvalue weighted by Crippen LogP contribution is -1.94. The molecule has 0 aliphatic carbocycles. The maximum absolute atomic E-state index is 14.7. The Morgan fingerprint density at radius 1 is 0.690 bits per heavy atom. The Morgan fingerprint density at radius 2 is 1.38 bits per heavy atom. The summed E-state index contributed by atoms with van der Waals surface area (Å²) in [5.74, 6) is 3.93. The second-order valence-corrected chi connectivity index (χ2v) is 7.24. The molecule has 0 atom stereocenters. The van der Waals surface area contributed by atoms with Crippen LogP contribution >= 0.6 is 0 Å². The van der Waals surface area contributed by atoms with Crippen molar-refractivity contribution in [2.75, 3.05) is 0 Å². The first kappa shape index (κ1) is 20.8. The Kier molecular flexibility index (Phi) is 7.19. The molecule has 148 valence electrons. The average Bonchev–Trinajstić information content (AvgIpc) is 2.76. The lowest BCUT2D eigenvalue weighted by molar-refractivity contribution is 0.509. The molecule has 0 aliphatic rings. The molecule has 0 saturated carbocycles. The maximum atomic E-state index is 14.7. The molecule has 3 aromatic carbocycles. The zero-order valence-corrected chi connectivity index (χ0v) is 17.1. The van der Waals surface area contributed by atoms with Gasteiger partial charge in [0.2, 0.25) is 0 Å². The Bertz CT molecular complexity index is 1000. The molecule has 0 spiro atoms. The highest BCUT2D eigenvalue weighted by Crippen LogP contribution is 2.27. The van der Waals surface area contributed by atoms with Crippen LogP contribution in [0.1, 0.15) is 55.4 Å². The highest BCUT2D eigenvalue weighted by molar-refractivity contribution is 5.66. The van der Waals surface area contributed by atoms with Crippen LogP contribution in [-0.2, 0) is 12.8 Å². The summed E-state index contributed by atoms with van der Waals surface area (Å²) in [6.07, 6.45) is 5.50. The van der Waals surface area contributed by atoms with Crippen molar-refractivity contribution in [3.63, 3.8) is 0 Å². The van der Waals surface area contributed by atoms with Crippen LogP contribution in [0.5, 0.6) is 0 Å². The molecule has 0 bridgehead atoms. The van der Waals surface area contributed by atoms with Gasteiger partial charge >= 0.3 is 0 Å². The van der Waals surface area contributed by atoms with Gasteiger partial charge in [0.15, 0.2) is 11.6 Å². The Labute approximate surface area is 172 Å². The van der Waals surface area contributed by atoms with E-state index < -0.39 is 11.6 Å². The number of halogens is 2. The summed E-state index contributed by atoms with van der Waals surface area (Å²) in [4.78, 5) is 0. The lowest BCUT2D eigenvalue weighted by atomic mass is 9.99. The maximum Gasteiger partial charge on any atom is 0.175 e. The van der Waals surface area contributed by atoms with Gasteiger partial charge in [-0.2, -0.15) is 0 Å². The van der Waals surface area contributed by atoms with Gasteiger partial charge in [0.05, 0.1) is 5.56 Å². The van der Waals surface area contributed by atoms with Crippen molar-refractivity contribution < 1.29 is 8.78 Å². The summed E-state index contributed by atoms with van der Waals surface area (Å²) in [6.45, 7) is 4.26. The number of hydrogen-bond acceptors (Lipinski definition) is 0. The Balaban J connectivity index is 1.79. The van der Waals surface area contributed by atoms with E-state index in [1.807, 2.05) is 48.5 Å². The van der Waals surface area contributed by atoms with Gasteiger partial charge in [0.1, 0.15) is 0 Å². The quantitative estimate of drug-likeness (QED) is 0.306. The predicted molar refractivity (Wildman–Crippen MR) is 117 cm³/mol. The van der Waals surface area contributed by atoms with Gasteiger partial charge in [-0.1, -0.05) is 74.9 Å². The summed E-state index contributed by atoms with van der Waals surface area (Å²) in [5, 5.41) is 0. The molecular formula is C27H26F2. The fourth-order valence-electron chi connectivity index (χ4n) is 3.26. The second kappa shape index (κ2) is 10.0. The van der Waals surface area contributed by atoms with E-state index in [1.54, 1.807) is 12.1 Å². The van der Waals surface area contributed by atoms with Gasteiger partial charge in [0.25, 0.3) is 0 Å². The largest absolute Gasteiger partial charge is 0.203 e.